The van der Waals surface area contributed by atoms with Crippen LogP contribution in [0.3, 0.4) is 0 Å². The highest BCUT2D eigenvalue weighted by Gasteiger charge is 2.32. The van der Waals surface area contributed by atoms with E-state index >= 15 is 0 Å². The second-order valence-electron chi connectivity index (χ2n) is 7.49. The maximum absolute atomic E-state index is 5.71. The summed E-state index contributed by atoms with van der Waals surface area (Å²) < 4.78 is 0. The first-order valence-corrected chi connectivity index (χ1v) is 9.21. The lowest BCUT2D eigenvalue weighted by Crippen LogP contribution is -2.53. The molecule has 2 fully saturated rings. The van der Waals surface area contributed by atoms with Crippen LogP contribution < -0.4 is 0 Å². The molecule has 1 aliphatic heterocycles. The van der Waals surface area contributed by atoms with E-state index in [9.17, 15) is 0 Å². The van der Waals surface area contributed by atoms with Crippen molar-refractivity contribution >= 4 is 7.85 Å². The Kier molecular flexibility index (Phi) is 5.28. The average Bonchev–Trinajstić information content (AvgIpc) is 2.50. The third-order valence-electron chi connectivity index (χ3n) is 6.01. The second-order valence-corrected chi connectivity index (χ2v) is 7.49. The molecule has 1 aromatic carbocycles. The second kappa shape index (κ2) is 7.21. The number of benzene rings is 1. The van der Waals surface area contributed by atoms with E-state index < -0.39 is 0 Å². The number of rotatable bonds is 5. The standard InChI is InChI=1S/C20H30BN/c1-15-16(2)19(9-8-18(15)10-11-21)12-17-13-22(14-17)20-6-4-3-5-7-20/h8-9,17,20H,3-7,10-14H2,1-2H3. The molecule has 2 aliphatic rings. The SMILES string of the molecule is [B]CCc1ccc(CC2CN(C3CCCCC3)C2)c(C)c1C. The van der Waals surface area contributed by atoms with Gasteiger partial charge in [-0.3, -0.25) is 4.90 Å². The van der Waals surface area contributed by atoms with Crippen LogP contribution >= 0.6 is 0 Å². The quantitative estimate of drug-likeness (QED) is 0.734. The van der Waals surface area contributed by atoms with Gasteiger partial charge in [0.2, 0.25) is 0 Å². The van der Waals surface area contributed by atoms with Gasteiger partial charge in [-0.05, 0) is 67.7 Å². The van der Waals surface area contributed by atoms with Crippen LogP contribution in [0.5, 0.6) is 0 Å². The van der Waals surface area contributed by atoms with E-state index in [0.717, 1.165) is 24.7 Å². The molecule has 0 amide bonds. The molecule has 3 rings (SSSR count). The number of likely N-dealkylation sites (tertiary alicyclic amines) is 1. The van der Waals surface area contributed by atoms with Crippen LogP contribution in [0, 0.1) is 19.8 Å². The van der Waals surface area contributed by atoms with E-state index in [1.54, 1.807) is 5.56 Å². The molecule has 0 bridgehead atoms. The molecule has 1 nitrogen and oxygen atoms in total. The number of nitrogens with zero attached hydrogens (tertiary/aromatic N) is 1. The highest BCUT2D eigenvalue weighted by Crippen LogP contribution is 2.31. The first-order valence-electron chi connectivity index (χ1n) is 9.21. The Morgan fingerprint density at radius 3 is 2.32 bits per heavy atom. The molecule has 118 valence electrons. The zero-order valence-electron chi connectivity index (χ0n) is 14.4. The molecule has 0 atom stereocenters. The van der Waals surface area contributed by atoms with Crippen molar-refractivity contribution in [2.24, 2.45) is 5.92 Å². The van der Waals surface area contributed by atoms with Gasteiger partial charge in [0.25, 0.3) is 0 Å². The summed E-state index contributed by atoms with van der Waals surface area (Å²) in [6, 6.07) is 5.57. The Morgan fingerprint density at radius 2 is 1.64 bits per heavy atom. The van der Waals surface area contributed by atoms with Crippen molar-refractivity contribution in [1.82, 2.24) is 4.90 Å². The molecular formula is C20H30BN. The molecule has 1 saturated carbocycles. The van der Waals surface area contributed by atoms with Gasteiger partial charge in [-0.15, -0.1) is 0 Å². The third-order valence-corrected chi connectivity index (χ3v) is 6.01. The van der Waals surface area contributed by atoms with E-state index in [1.165, 1.54) is 68.3 Å². The zero-order valence-corrected chi connectivity index (χ0v) is 14.4. The Balaban J connectivity index is 1.55. The Morgan fingerprint density at radius 1 is 1.00 bits per heavy atom. The minimum Gasteiger partial charge on any atom is -0.300 e. The van der Waals surface area contributed by atoms with Crippen LogP contribution in [-0.4, -0.2) is 31.9 Å². The van der Waals surface area contributed by atoms with Crippen LogP contribution in [0.4, 0.5) is 0 Å². The van der Waals surface area contributed by atoms with Gasteiger partial charge in [-0.2, -0.15) is 0 Å². The van der Waals surface area contributed by atoms with Crippen LogP contribution in [0.15, 0.2) is 12.1 Å². The van der Waals surface area contributed by atoms with Crippen LogP contribution in [0.2, 0.25) is 6.32 Å². The van der Waals surface area contributed by atoms with E-state index in [2.05, 4.69) is 30.9 Å². The first-order chi connectivity index (χ1) is 10.7. The number of hydrogen-bond donors (Lipinski definition) is 0. The van der Waals surface area contributed by atoms with E-state index in [0.29, 0.717) is 0 Å². The summed E-state index contributed by atoms with van der Waals surface area (Å²) in [5, 5.41) is 0. The Labute approximate surface area is 137 Å². The largest absolute Gasteiger partial charge is 0.300 e. The van der Waals surface area contributed by atoms with Gasteiger partial charge in [0.05, 0.1) is 7.85 Å². The summed E-state index contributed by atoms with van der Waals surface area (Å²) in [6.45, 7) is 7.21. The van der Waals surface area contributed by atoms with Crippen molar-refractivity contribution in [2.75, 3.05) is 13.1 Å². The van der Waals surface area contributed by atoms with Gasteiger partial charge in [0.1, 0.15) is 0 Å². The van der Waals surface area contributed by atoms with Gasteiger partial charge >= 0.3 is 0 Å². The molecule has 0 spiro atoms. The molecule has 1 saturated heterocycles. The normalized spacial score (nSPS) is 21.0. The minimum absolute atomic E-state index is 0.749. The molecule has 2 heteroatoms. The predicted octanol–water partition coefficient (Wildman–Crippen LogP) is 4.24. The lowest BCUT2D eigenvalue weighted by atomic mass is 9.84. The van der Waals surface area contributed by atoms with E-state index in [-0.39, 0.29) is 0 Å². The molecule has 1 aromatic rings. The Bertz CT molecular complexity index is 499. The molecular weight excluding hydrogens is 265 g/mol. The molecule has 2 radical (unpaired) electrons. The van der Waals surface area contributed by atoms with Crippen molar-refractivity contribution in [1.29, 1.82) is 0 Å². The molecule has 1 aliphatic carbocycles. The lowest BCUT2D eigenvalue weighted by Gasteiger charge is -2.46. The van der Waals surface area contributed by atoms with Gasteiger partial charge in [-0.1, -0.05) is 37.7 Å². The molecule has 0 N–H and O–H groups in total. The van der Waals surface area contributed by atoms with Crippen molar-refractivity contribution in [3.05, 3.63) is 34.4 Å². The summed E-state index contributed by atoms with van der Waals surface area (Å²) in [6.07, 6.45) is 10.3. The fourth-order valence-corrected chi connectivity index (χ4v) is 4.37. The summed E-state index contributed by atoms with van der Waals surface area (Å²) in [5.41, 5.74) is 5.96. The van der Waals surface area contributed by atoms with E-state index in [4.69, 9.17) is 7.85 Å². The van der Waals surface area contributed by atoms with Crippen molar-refractivity contribution in [2.45, 2.75) is 71.2 Å². The molecule has 0 aromatic heterocycles. The molecule has 22 heavy (non-hydrogen) atoms. The van der Waals surface area contributed by atoms with Gasteiger partial charge in [0.15, 0.2) is 0 Å². The zero-order chi connectivity index (χ0) is 15.5. The maximum Gasteiger partial charge on any atom is 0.0657 e. The lowest BCUT2D eigenvalue weighted by molar-refractivity contribution is 0.0355. The first kappa shape index (κ1) is 16.1. The van der Waals surface area contributed by atoms with Crippen LogP contribution in [0.1, 0.15) is 54.4 Å². The highest BCUT2D eigenvalue weighted by molar-refractivity contribution is 6.08. The topological polar surface area (TPSA) is 3.24 Å². The third kappa shape index (κ3) is 3.43. The summed E-state index contributed by atoms with van der Waals surface area (Å²) in [7, 11) is 5.71. The smallest absolute Gasteiger partial charge is 0.0657 e. The van der Waals surface area contributed by atoms with E-state index in [1.807, 2.05) is 0 Å². The van der Waals surface area contributed by atoms with Crippen molar-refractivity contribution in [3.8, 4) is 0 Å². The average molecular weight is 295 g/mol. The summed E-state index contributed by atoms with van der Waals surface area (Å²) in [4.78, 5) is 2.74. The highest BCUT2D eigenvalue weighted by atomic mass is 15.2. The molecule has 0 unspecified atom stereocenters. The number of hydrogen-bond acceptors (Lipinski definition) is 1. The van der Waals surface area contributed by atoms with Crippen molar-refractivity contribution in [3.63, 3.8) is 0 Å². The van der Waals surface area contributed by atoms with Gasteiger partial charge < -0.3 is 0 Å². The fourth-order valence-electron chi connectivity index (χ4n) is 4.37. The van der Waals surface area contributed by atoms with Crippen LogP contribution in [0.25, 0.3) is 0 Å². The summed E-state index contributed by atoms with van der Waals surface area (Å²) in [5.74, 6) is 0.875. The van der Waals surface area contributed by atoms with Gasteiger partial charge in [-0.25, -0.2) is 0 Å². The van der Waals surface area contributed by atoms with Crippen molar-refractivity contribution < 1.29 is 0 Å². The Hall–Kier alpha value is -0.755. The fraction of sp³-hybridized carbons (Fsp3) is 0.700. The maximum atomic E-state index is 5.71. The predicted molar refractivity (Wildman–Crippen MR) is 95.8 cm³/mol. The van der Waals surface area contributed by atoms with Crippen LogP contribution in [-0.2, 0) is 12.8 Å². The minimum atomic E-state index is 0.749. The number of aryl methyl sites for hydroxylation is 1. The van der Waals surface area contributed by atoms with Gasteiger partial charge in [0, 0.05) is 19.1 Å². The monoisotopic (exact) mass is 295 g/mol. The molecule has 1 heterocycles. The summed E-state index contributed by atoms with van der Waals surface area (Å²) >= 11 is 0.